The molecule has 1 aromatic rings. The molecule has 2 rings (SSSR count). The highest BCUT2D eigenvalue weighted by Crippen LogP contribution is 2.23. The highest BCUT2D eigenvalue weighted by atomic mass is 19.1. The predicted octanol–water partition coefficient (Wildman–Crippen LogP) is 3.60. The van der Waals surface area contributed by atoms with Gasteiger partial charge >= 0.3 is 0 Å². The first kappa shape index (κ1) is 15.5. The molecule has 2 atom stereocenters. The molecule has 2 unspecified atom stereocenters. The highest BCUT2D eigenvalue weighted by molar-refractivity contribution is 5.21. The topological polar surface area (TPSA) is 15.3 Å². The lowest BCUT2D eigenvalue weighted by molar-refractivity contribution is 0.156. The normalized spacial score (nSPS) is 21.9. The maximum Gasteiger partial charge on any atom is 0.128 e. The first-order valence-corrected chi connectivity index (χ1v) is 7.94. The zero-order valence-corrected chi connectivity index (χ0v) is 12.7. The number of rotatable bonds is 6. The molecule has 0 amide bonds. The van der Waals surface area contributed by atoms with Crippen molar-refractivity contribution in [3.05, 3.63) is 35.6 Å². The molecule has 112 valence electrons. The molecule has 0 radical (unpaired) electrons. The van der Waals surface area contributed by atoms with Crippen molar-refractivity contribution >= 4 is 0 Å². The van der Waals surface area contributed by atoms with Gasteiger partial charge in [-0.3, -0.25) is 0 Å². The number of likely N-dealkylation sites (tertiary alicyclic amines) is 1. The lowest BCUT2D eigenvalue weighted by Crippen LogP contribution is -2.41. The average molecular weight is 278 g/mol. The van der Waals surface area contributed by atoms with Crippen LogP contribution in [0.15, 0.2) is 24.3 Å². The van der Waals surface area contributed by atoms with E-state index in [4.69, 9.17) is 0 Å². The predicted molar refractivity (Wildman–Crippen MR) is 82.3 cm³/mol. The van der Waals surface area contributed by atoms with Crippen molar-refractivity contribution in [2.24, 2.45) is 5.92 Å². The van der Waals surface area contributed by atoms with Crippen molar-refractivity contribution in [3.63, 3.8) is 0 Å². The first-order valence-electron chi connectivity index (χ1n) is 7.94. The van der Waals surface area contributed by atoms with Gasteiger partial charge in [0.1, 0.15) is 5.82 Å². The van der Waals surface area contributed by atoms with Crippen molar-refractivity contribution in [1.82, 2.24) is 10.2 Å². The van der Waals surface area contributed by atoms with Gasteiger partial charge in [0.05, 0.1) is 0 Å². The number of halogens is 1. The van der Waals surface area contributed by atoms with Gasteiger partial charge in [-0.1, -0.05) is 38.5 Å². The van der Waals surface area contributed by atoms with Crippen LogP contribution in [-0.2, 0) is 0 Å². The van der Waals surface area contributed by atoms with E-state index in [1.165, 1.54) is 19.3 Å². The fourth-order valence-electron chi connectivity index (χ4n) is 3.19. The van der Waals surface area contributed by atoms with E-state index >= 15 is 0 Å². The minimum atomic E-state index is -0.0949. The summed E-state index contributed by atoms with van der Waals surface area (Å²) in [6.07, 6.45) is 3.87. The SMILES string of the molecule is CCNC(CN1CCCC(CC)C1)c1ccccc1F. The molecule has 0 bridgehead atoms. The fraction of sp³-hybridized carbons (Fsp3) is 0.647. The fourth-order valence-corrected chi connectivity index (χ4v) is 3.19. The van der Waals surface area contributed by atoms with Gasteiger partial charge in [0.2, 0.25) is 0 Å². The second-order valence-corrected chi connectivity index (χ2v) is 5.81. The Labute approximate surface area is 122 Å². The quantitative estimate of drug-likeness (QED) is 0.855. The van der Waals surface area contributed by atoms with E-state index < -0.39 is 0 Å². The molecule has 1 aliphatic heterocycles. The highest BCUT2D eigenvalue weighted by Gasteiger charge is 2.23. The second-order valence-electron chi connectivity index (χ2n) is 5.81. The minimum absolute atomic E-state index is 0.0943. The minimum Gasteiger partial charge on any atom is -0.309 e. The van der Waals surface area contributed by atoms with Crippen LogP contribution in [0.5, 0.6) is 0 Å². The van der Waals surface area contributed by atoms with Gasteiger partial charge in [-0.25, -0.2) is 4.39 Å². The Morgan fingerprint density at radius 3 is 2.85 bits per heavy atom. The maximum atomic E-state index is 14.0. The molecule has 1 saturated heterocycles. The number of hydrogen-bond acceptors (Lipinski definition) is 2. The van der Waals surface area contributed by atoms with Gasteiger partial charge in [0, 0.05) is 24.7 Å². The summed E-state index contributed by atoms with van der Waals surface area (Å²) in [5.74, 6) is 0.717. The summed E-state index contributed by atoms with van der Waals surface area (Å²) in [6.45, 7) is 8.43. The number of benzene rings is 1. The van der Waals surface area contributed by atoms with Crippen LogP contribution in [0.25, 0.3) is 0 Å². The van der Waals surface area contributed by atoms with E-state index in [2.05, 4.69) is 24.1 Å². The van der Waals surface area contributed by atoms with E-state index in [1.807, 2.05) is 12.1 Å². The van der Waals surface area contributed by atoms with Crippen LogP contribution in [0.1, 0.15) is 44.7 Å². The van der Waals surface area contributed by atoms with Gasteiger partial charge in [0.15, 0.2) is 0 Å². The van der Waals surface area contributed by atoms with Crippen LogP contribution in [-0.4, -0.2) is 31.1 Å². The smallest absolute Gasteiger partial charge is 0.128 e. The third-order valence-corrected chi connectivity index (χ3v) is 4.35. The van der Waals surface area contributed by atoms with Crippen molar-refractivity contribution in [3.8, 4) is 0 Å². The molecule has 3 heteroatoms. The number of hydrogen-bond donors (Lipinski definition) is 1. The van der Waals surface area contributed by atoms with Crippen LogP contribution in [0.2, 0.25) is 0 Å². The maximum absolute atomic E-state index is 14.0. The number of nitrogens with one attached hydrogen (secondary N) is 1. The standard InChI is InChI=1S/C17H27FN2/c1-3-14-8-7-11-20(12-14)13-17(19-4-2)15-9-5-6-10-16(15)18/h5-6,9-10,14,17,19H,3-4,7-8,11-13H2,1-2H3. The molecule has 1 aromatic carbocycles. The van der Waals surface area contributed by atoms with Crippen LogP contribution < -0.4 is 5.32 Å². The molecule has 0 saturated carbocycles. The summed E-state index contributed by atoms with van der Waals surface area (Å²) < 4.78 is 14.0. The molecule has 1 N–H and O–H groups in total. The van der Waals surface area contributed by atoms with Gasteiger partial charge in [0.25, 0.3) is 0 Å². The number of nitrogens with zero attached hydrogens (tertiary/aromatic N) is 1. The Morgan fingerprint density at radius 2 is 2.15 bits per heavy atom. The van der Waals surface area contributed by atoms with Gasteiger partial charge < -0.3 is 10.2 Å². The Bertz CT molecular complexity index is 408. The van der Waals surface area contributed by atoms with Crippen LogP contribution in [0.4, 0.5) is 4.39 Å². The molecule has 0 spiro atoms. The van der Waals surface area contributed by atoms with E-state index in [-0.39, 0.29) is 11.9 Å². The van der Waals surface area contributed by atoms with Crippen LogP contribution in [0, 0.1) is 11.7 Å². The Balaban J connectivity index is 2.04. The third-order valence-electron chi connectivity index (χ3n) is 4.35. The van der Waals surface area contributed by atoms with Crippen molar-refractivity contribution < 1.29 is 4.39 Å². The largest absolute Gasteiger partial charge is 0.309 e. The van der Waals surface area contributed by atoms with Crippen molar-refractivity contribution in [1.29, 1.82) is 0 Å². The molecule has 1 heterocycles. The summed E-state index contributed by atoms with van der Waals surface area (Å²) in [5, 5.41) is 3.44. The summed E-state index contributed by atoms with van der Waals surface area (Å²) >= 11 is 0. The lowest BCUT2D eigenvalue weighted by Gasteiger charge is -2.35. The van der Waals surface area contributed by atoms with E-state index in [0.29, 0.717) is 0 Å². The molecule has 1 aliphatic rings. The lowest BCUT2D eigenvalue weighted by atomic mass is 9.94. The summed E-state index contributed by atoms with van der Waals surface area (Å²) in [7, 11) is 0. The zero-order chi connectivity index (χ0) is 14.4. The van der Waals surface area contributed by atoms with E-state index in [1.54, 1.807) is 12.1 Å². The first-order chi connectivity index (χ1) is 9.74. The summed E-state index contributed by atoms with van der Waals surface area (Å²) in [5.41, 5.74) is 0.799. The zero-order valence-electron chi connectivity index (χ0n) is 12.7. The summed E-state index contributed by atoms with van der Waals surface area (Å²) in [4.78, 5) is 2.50. The van der Waals surface area contributed by atoms with Crippen LogP contribution >= 0.6 is 0 Å². The number of likely N-dealkylation sites (N-methyl/N-ethyl adjacent to an activating group) is 1. The van der Waals surface area contributed by atoms with Crippen LogP contribution in [0.3, 0.4) is 0 Å². The molecule has 2 nitrogen and oxygen atoms in total. The number of piperidine rings is 1. The Hall–Kier alpha value is -0.930. The molecule has 0 aliphatic carbocycles. The Morgan fingerprint density at radius 1 is 1.35 bits per heavy atom. The molecular weight excluding hydrogens is 251 g/mol. The molecule has 0 aromatic heterocycles. The van der Waals surface area contributed by atoms with Gasteiger partial charge in [-0.15, -0.1) is 0 Å². The molecule has 1 fully saturated rings. The van der Waals surface area contributed by atoms with Gasteiger partial charge in [-0.2, -0.15) is 0 Å². The second kappa shape index (κ2) is 7.75. The van der Waals surface area contributed by atoms with E-state index in [0.717, 1.165) is 37.7 Å². The Kier molecular flexibility index (Phi) is 5.99. The van der Waals surface area contributed by atoms with Crippen molar-refractivity contribution in [2.75, 3.05) is 26.2 Å². The van der Waals surface area contributed by atoms with E-state index in [9.17, 15) is 4.39 Å². The monoisotopic (exact) mass is 278 g/mol. The summed E-state index contributed by atoms with van der Waals surface area (Å²) in [6, 6.07) is 7.25. The average Bonchev–Trinajstić information content (AvgIpc) is 2.47. The third kappa shape index (κ3) is 4.03. The molecule has 20 heavy (non-hydrogen) atoms. The van der Waals surface area contributed by atoms with Gasteiger partial charge in [-0.05, 0) is 37.9 Å². The molecular formula is C17H27FN2. The van der Waals surface area contributed by atoms with Crippen molar-refractivity contribution in [2.45, 2.75) is 39.2 Å².